The predicted octanol–water partition coefficient (Wildman–Crippen LogP) is 4.16. The maximum atomic E-state index is 12.4. The van der Waals surface area contributed by atoms with Gasteiger partial charge < -0.3 is 9.84 Å². The Balaban J connectivity index is 1.46. The summed E-state index contributed by atoms with van der Waals surface area (Å²) in [5.41, 5.74) is 1.20. The van der Waals surface area contributed by atoms with Crippen molar-refractivity contribution in [1.82, 2.24) is 0 Å². The van der Waals surface area contributed by atoms with Crippen molar-refractivity contribution in [1.29, 1.82) is 0 Å². The predicted molar refractivity (Wildman–Crippen MR) is 93.7 cm³/mol. The SMILES string of the molecule is CCCC1(O)[C@H]2[C@@H]3[C@@H]4C5C([C@H]2C42CC2)C12CCCC52C31CCCCO1. The first-order chi connectivity index (χ1) is 12.2. The highest BCUT2D eigenvalue weighted by molar-refractivity contribution is 5.53. The molecule has 1 saturated heterocycles. The van der Waals surface area contributed by atoms with Crippen molar-refractivity contribution in [3.05, 3.63) is 0 Å². The van der Waals surface area contributed by atoms with Crippen molar-refractivity contribution in [2.45, 2.75) is 82.3 Å². The molecule has 10 atom stereocenters. The minimum absolute atomic E-state index is 0.194. The summed E-state index contributed by atoms with van der Waals surface area (Å²) in [6.07, 6.45) is 13.3. The van der Waals surface area contributed by atoms with Crippen LogP contribution in [0.3, 0.4) is 0 Å². The van der Waals surface area contributed by atoms with Crippen molar-refractivity contribution >= 4 is 0 Å². The molecule has 1 aliphatic heterocycles. The number of hydrogen-bond donors (Lipinski definition) is 1. The highest BCUT2D eigenvalue weighted by Gasteiger charge is 3.05. The number of aliphatic hydroxyl groups is 1. The Morgan fingerprint density at radius 3 is 2.28 bits per heavy atom. The fourth-order valence-electron chi connectivity index (χ4n) is 12.7. The third-order valence-electron chi connectivity index (χ3n) is 12.1. The summed E-state index contributed by atoms with van der Waals surface area (Å²) in [5.74, 6) is 5.01. The quantitative estimate of drug-likeness (QED) is 0.818. The summed E-state index contributed by atoms with van der Waals surface area (Å²) in [6.45, 7) is 3.32. The summed E-state index contributed by atoms with van der Waals surface area (Å²) in [5, 5.41) is 12.4. The van der Waals surface area contributed by atoms with Crippen LogP contribution in [-0.2, 0) is 4.74 Å². The number of ether oxygens (including phenoxy) is 1. The van der Waals surface area contributed by atoms with Crippen LogP contribution in [0.4, 0.5) is 0 Å². The van der Waals surface area contributed by atoms with E-state index >= 15 is 0 Å². The summed E-state index contributed by atoms with van der Waals surface area (Å²) in [7, 11) is 0. The van der Waals surface area contributed by atoms with Crippen LogP contribution >= 0.6 is 0 Å². The molecule has 2 heteroatoms. The van der Waals surface area contributed by atoms with E-state index in [4.69, 9.17) is 4.74 Å². The van der Waals surface area contributed by atoms with Gasteiger partial charge in [-0.1, -0.05) is 19.8 Å². The molecule has 25 heavy (non-hydrogen) atoms. The van der Waals surface area contributed by atoms with Crippen molar-refractivity contribution < 1.29 is 9.84 Å². The summed E-state index contributed by atoms with van der Waals surface area (Å²) in [6, 6.07) is 0. The zero-order valence-electron chi connectivity index (χ0n) is 15.6. The van der Waals surface area contributed by atoms with E-state index in [0.717, 1.165) is 49.0 Å². The summed E-state index contributed by atoms with van der Waals surface area (Å²) >= 11 is 0. The van der Waals surface area contributed by atoms with Crippen molar-refractivity contribution in [2.75, 3.05) is 6.61 Å². The smallest absolute Gasteiger partial charge is 0.0782 e. The number of rotatable bonds is 2. The lowest BCUT2D eigenvalue weighted by Gasteiger charge is -2.73. The third kappa shape index (κ3) is 0.886. The Hall–Kier alpha value is -0.0800. The van der Waals surface area contributed by atoms with E-state index in [0.29, 0.717) is 16.7 Å². The Morgan fingerprint density at radius 1 is 0.800 bits per heavy atom. The van der Waals surface area contributed by atoms with Gasteiger partial charge >= 0.3 is 0 Å². The molecule has 1 heterocycles. The normalized spacial score (nSPS) is 71.3. The molecule has 4 spiro atoms. The van der Waals surface area contributed by atoms with Gasteiger partial charge in [-0.15, -0.1) is 0 Å². The largest absolute Gasteiger partial charge is 0.389 e. The fraction of sp³-hybridized carbons (Fsp3) is 1.00. The Morgan fingerprint density at radius 2 is 1.56 bits per heavy atom. The van der Waals surface area contributed by atoms with Crippen molar-refractivity contribution in [2.24, 2.45) is 51.8 Å². The number of hydrogen-bond acceptors (Lipinski definition) is 2. The highest BCUT2D eigenvalue weighted by atomic mass is 16.5. The van der Waals surface area contributed by atoms with Gasteiger partial charge in [0.25, 0.3) is 0 Å². The standard InChI is InChI=1S/C23H32O2/c1-2-6-22(24)17-13-15-16-14(19(13)10-11-19)18(17)23(9-3-4-12-25-23)21(16)8-5-7-20(15,21)22/h13-18,24H,2-12H2,1H3/t13-,14+,15?,16?,17-,18+,20?,21?,22?,23?/m1/s1. The van der Waals surface area contributed by atoms with E-state index in [1.165, 1.54) is 51.4 Å². The van der Waals surface area contributed by atoms with Gasteiger partial charge in [-0.3, -0.25) is 0 Å². The zero-order valence-corrected chi connectivity index (χ0v) is 15.6. The molecule has 7 aliphatic carbocycles. The van der Waals surface area contributed by atoms with E-state index in [2.05, 4.69) is 6.92 Å². The molecule has 0 radical (unpaired) electrons. The first kappa shape index (κ1) is 14.0. The lowest BCUT2D eigenvalue weighted by molar-refractivity contribution is -0.340. The monoisotopic (exact) mass is 340 g/mol. The third-order valence-corrected chi connectivity index (χ3v) is 12.1. The van der Waals surface area contributed by atoms with E-state index in [1.54, 1.807) is 0 Å². The molecule has 6 unspecified atom stereocenters. The second-order valence-electron chi connectivity index (χ2n) is 11.6. The first-order valence-corrected chi connectivity index (χ1v) is 11.5. The van der Waals surface area contributed by atoms with Gasteiger partial charge in [-0.25, -0.2) is 0 Å². The van der Waals surface area contributed by atoms with Crippen LogP contribution in [0.2, 0.25) is 0 Å². The molecular formula is C23H32O2. The van der Waals surface area contributed by atoms with E-state index < -0.39 is 0 Å². The average Bonchev–Trinajstić information content (AvgIpc) is 3.15. The second-order valence-corrected chi connectivity index (χ2v) is 11.6. The highest BCUT2D eigenvalue weighted by Crippen LogP contribution is 3.05. The van der Waals surface area contributed by atoms with Crippen molar-refractivity contribution in [3.8, 4) is 0 Å². The molecule has 0 aromatic heterocycles. The minimum Gasteiger partial charge on any atom is -0.389 e. The van der Waals surface area contributed by atoms with Crippen LogP contribution < -0.4 is 0 Å². The second kappa shape index (κ2) is 3.50. The van der Waals surface area contributed by atoms with Crippen LogP contribution in [-0.4, -0.2) is 22.9 Å². The summed E-state index contributed by atoms with van der Waals surface area (Å²) in [4.78, 5) is 0. The van der Waals surface area contributed by atoms with Gasteiger partial charge in [-0.05, 0) is 92.3 Å². The Bertz CT molecular complexity index is 705. The maximum absolute atomic E-state index is 12.4. The minimum atomic E-state index is -0.332. The fourth-order valence-corrected chi connectivity index (χ4v) is 12.7. The lowest BCUT2D eigenvalue weighted by Crippen LogP contribution is -2.77. The molecule has 2 bridgehead atoms. The van der Waals surface area contributed by atoms with Crippen LogP contribution in [0.15, 0.2) is 0 Å². The first-order valence-electron chi connectivity index (χ1n) is 11.5. The van der Waals surface area contributed by atoms with Gasteiger partial charge in [0.15, 0.2) is 0 Å². The molecule has 136 valence electrons. The number of fused-ring (bicyclic) bond motifs is 2. The van der Waals surface area contributed by atoms with E-state index in [9.17, 15) is 5.11 Å². The molecule has 0 aromatic rings. The van der Waals surface area contributed by atoms with Gasteiger partial charge in [-0.2, -0.15) is 0 Å². The van der Waals surface area contributed by atoms with Gasteiger partial charge in [0.1, 0.15) is 0 Å². The maximum Gasteiger partial charge on any atom is 0.0782 e. The van der Waals surface area contributed by atoms with Crippen LogP contribution in [0.25, 0.3) is 0 Å². The van der Waals surface area contributed by atoms with Crippen molar-refractivity contribution in [3.63, 3.8) is 0 Å². The van der Waals surface area contributed by atoms with E-state index in [-0.39, 0.29) is 16.6 Å². The zero-order chi connectivity index (χ0) is 16.4. The van der Waals surface area contributed by atoms with Gasteiger partial charge in [0, 0.05) is 17.4 Å². The topological polar surface area (TPSA) is 29.5 Å². The molecule has 8 fully saturated rings. The Kier molecular flexibility index (Phi) is 1.96. The van der Waals surface area contributed by atoms with Gasteiger partial charge in [0.05, 0.1) is 11.2 Å². The van der Waals surface area contributed by atoms with Crippen LogP contribution in [0, 0.1) is 51.8 Å². The summed E-state index contributed by atoms with van der Waals surface area (Å²) < 4.78 is 6.97. The molecule has 2 nitrogen and oxygen atoms in total. The van der Waals surface area contributed by atoms with E-state index in [1.807, 2.05) is 0 Å². The molecule has 7 saturated carbocycles. The average molecular weight is 341 g/mol. The molecule has 0 aromatic carbocycles. The Labute approximate surface area is 151 Å². The van der Waals surface area contributed by atoms with Crippen LogP contribution in [0.5, 0.6) is 0 Å². The molecule has 1 N–H and O–H groups in total. The lowest BCUT2D eigenvalue weighted by atomic mass is 9.34. The van der Waals surface area contributed by atoms with Gasteiger partial charge in [0.2, 0.25) is 0 Å². The molecular weight excluding hydrogens is 308 g/mol. The molecule has 8 aliphatic rings. The molecule has 0 amide bonds. The van der Waals surface area contributed by atoms with Crippen LogP contribution in [0.1, 0.15) is 71.1 Å². The molecule has 8 rings (SSSR count).